The first-order chi connectivity index (χ1) is 9.25. The highest BCUT2D eigenvalue weighted by Crippen LogP contribution is 2.28. The van der Waals surface area contributed by atoms with Gasteiger partial charge in [-0.25, -0.2) is 4.79 Å². The van der Waals surface area contributed by atoms with Gasteiger partial charge in [0.15, 0.2) is 5.69 Å². The maximum absolute atomic E-state index is 12.6. The highest BCUT2D eigenvalue weighted by Gasteiger charge is 2.35. The largest absolute Gasteiger partial charge is 0.477 e. The molecule has 6 nitrogen and oxygen atoms in total. The highest BCUT2D eigenvalue weighted by atomic mass is 19.4. The summed E-state index contributed by atoms with van der Waals surface area (Å²) in [7, 11) is 0. The Balaban J connectivity index is 2.84. The summed E-state index contributed by atoms with van der Waals surface area (Å²) in [5, 5.41) is 12.2. The van der Waals surface area contributed by atoms with Crippen LogP contribution in [-0.2, 0) is 12.7 Å². The Morgan fingerprint density at radius 3 is 2.55 bits per heavy atom. The Morgan fingerprint density at radius 1 is 1.40 bits per heavy atom. The summed E-state index contributed by atoms with van der Waals surface area (Å²) in [6.45, 7) is 1.90. The number of aromatic nitrogens is 3. The van der Waals surface area contributed by atoms with E-state index < -0.39 is 23.4 Å². The summed E-state index contributed by atoms with van der Waals surface area (Å²) in [6.07, 6.45) is -4.21. The number of alkyl halides is 3. The van der Waals surface area contributed by atoms with Crippen molar-refractivity contribution >= 4 is 11.6 Å². The zero-order chi connectivity index (χ0) is 15.1. The Bertz CT molecular complexity index is 730. The zero-order valence-electron chi connectivity index (χ0n) is 10.3. The van der Waals surface area contributed by atoms with Crippen molar-refractivity contribution in [2.75, 3.05) is 0 Å². The van der Waals surface area contributed by atoms with Gasteiger partial charge in [0.2, 0.25) is 0 Å². The third-order valence-corrected chi connectivity index (χ3v) is 2.68. The van der Waals surface area contributed by atoms with Crippen LogP contribution in [-0.4, -0.2) is 25.3 Å². The van der Waals surface area contributed by atoms with Crippen molar-refractivity contribution in [2.24, 2.45) is 0 Å². The predicted molar refractivity (Wildman–Crippen MR) is 61.7 cm³/mol. The van der Waals surface area contributed by atoms with E-state index in [2.05, 4.69) is 5.10 Å². The average Bonchev–Trinajstić information content (AvgIpc) is 2.77. The second kappa shape index (κ2) is 4.66. The van der Waals surface area contributed by atoms with E-state index >= 15 is 0 Å². The van der Waals surface area contributed by atoms with Gasteiger partial charge in [0.1, 0.15) is 11.3 Å². The van der Waals surface area contributed by atoms with Crippen LogP contribution >= 0.6 is 0 Å². The van der Waals surface area contributed by atoms with Crippen molar-refractivity contribution < 1.29 is 23.1 Å². The number of rotatable bonds is 3. The normalized spacial score (nSPS) is 12.0. The molecule has 0 fully saturated rings. The van der Waals surface area contributed by atoms with Gasteiger partial charge in [-0.15, -0.1) is 0 Å². The summed E-state index contributed by atoms with van der Waals surface area (Å²) in [4.78, 5) is 22.7. The molecule has 0 spiro atoms. The molecule has 2 aromatic heterocycles. The fourth-order valence-corrected chi connectivity index (χ4v) is 1.88. The van der Waals surface area contributed by atoms with Crippen LogP contribution in [0.5, 0.6) is 0 Å². The van der Waals surface area contributed by atoms with Gasteiger partial charge in [-0.05, 0) is 6.42 Å². The van der Waals surface area contributed by atoms with Gasteiger partial charge >= 0.3 is 12.1 Å². The van der Waals surface area contributed by atoms with E-state index in [1.54, 1.807) is 6.92 Å². The molecular formula is C11H10F3N3O3. The lowest BCUT2D eigenvalue weighted by Gasteiger charge is -2.10. The molecule has 0 aromatic carbocycles. The van der Waals surface area contributed by atoms with Crippen LogP contribution in [0.15, 0.2) is 16.9 Å². The van der Waals surface area contributed by atoms with Gasteiger partial charge in [0, 0.05) is 18.7 Å². The van der Waals surface area contributed by atoms with Crippen LogP contribution in [0.3, 0.4) is 0 Å². The molecule has 1 N–H and O–H groups in total. The molecule has 0 amide bonds. The van der Waals surface area contributed by atoms with E-state index in [0.29, 0.717) is 17.0 Å². The number of halogens is 3. The van der Waals surface area contributed by atoms with E-state index in [9.17, 15) is 22.8 Å². The Kier molecular flexibility index (Phi) is 3.28. The smallest absolute Gasteiger partial charge is 0.435 e. The molecule has 2 aromatic rings. The second-order valence-corrected chi connectivity index (χ2v) is 4.12. The topological polar surface area (TPSA) is 76.6 Å². The van der Waals surface area contributed by atoms with Crippen molar-refractivity contribution in [3.8, 4) is 0 Å². The van der Waals surface area contributed by atoms with E-state index in [0.717, 1.165) is 10.6 Å². The van der Waals surface area contributed by atoms with Crippen LogP contribution in [0.4, 0.5) is 13.2 Å². The van der Waals surface area contributed by atoms with Crippen molar-refractivity contribution in [1.82, 2.24) is 14.2 Å². The van der Waals surface area contributed by atoms with E-state index in [4.69, 9.17) is 5.11 Å². The SMILES string of the molecule is CCCn1c(C(=O)O)cc(=O)n2nc(C(F)(F)F)cc12. The molecule has 0 saturated heterocycles. The summed E-state index contributed by atoms with van der Waals surface area (Å²) >= 11 is 0. The fraction of sp³-hybridized carbons (Fsp3) is 0.364. The molecule has 0 aliphatic carbocycles. The van der Waals surface area contributed by atoms with Gasteiger partial charge in [-0.1, -0.05) is 6.92 Å². The number of fused-ring (bicyclic) bond motifs is 1. The van der Waals surface area contributed by atoms with Gasteiger partial charge in [-0.3, -0.25) is 4.79 Å². The predicted octanol–water partition coefficient (Wildman–Crippen LogP) is 1.62. The number of hydrogen-bond donors (Lipinski definition) is 1. The summed E-state index contributed by atoms with van der Waals surface area (Å²) < 4.78 is 39.6. The average molecular weight is 289 g/mol. The molecule has 0 saturated carbocycles. The highest BCUT2D eigenvalue weighted by molar-refractivity contribution is 5.86. The molecule has 0 radical (unpaired) electrons. The molecular weight excluding hydrogens is 279 g/mol. The van der Waals surface area contributed by atoms with E-state index in [-0.39, 0.29) is 17.9 Å². The van der Waals surface area contributed by atoms with Gasteiger partial charge in [0.05, 0.1) is 0 Å². The minimum absolute atomic E-state index is 0.161. The summed E-state index contributed by atoms with van der Waals surface area (Å²) in [5.74, 6) is -1.38. The molecule has 20 heavy (non-hydrogen) atoms. The Morgan fingerprint density at radius 2 is 2.05 bits per heavy atom. The monoisotopic (exact) mass is 289 g/mol. The van der Waals surface area contributed by atoms with Crippen LogP contribution < -0.4 is 5.56 Å². The zero-order valence-corrected chi connectivity index (χ0v) is 10.3. The number of nitrogens with zero attached hydrogens (tertiary/aromatic N) is 3. The number of aromatic carboxylic acids is 1. The van der Waals surface area contributed by atoms with Crippen molar-refractivity contribution in [3.05, 3.63) is 33.9 Å². The quantitative estimate of drug-likeness (QED) is 0.931. The van der Waals surface area contributed by atoms with Crippen LogP contribution in [0.25, 0.3) is 5.65 Å². The van der Waals surface area contributed by atoms with Crippen molar-refractivity contribution in [1.29, 1.82) is 0 Å². The Hall–Kier alpha value is -2.32. The van der Waals surface area contributed by atoms with Crippen molar-refractivity contribution in [2.45, 2.75) is 26.1 Å². The lowest BCUT2D eigenvalue weighted by molar-refractivity contribution is -0.141. The third-order valence-electron chi connectivity index (χ3n) is 2.68. The van der Waals surface area contributed by atoms with Crippen LogP contribution in [0.2, 0.25) is 0 Å². The first-order valence-electron chi connectivity index (χ1n) is 5.69. The van der Waals surface area contributed by atoms with Crippen molar-refractivity contribution in [3.63, 3.8) is 0 Å². The first-order valence-corrected chi connectivity index (χ1v) is 5.69. The first kappa shape index (κ1) is 14.1. The molecule has 9 heteroatoms. The fourth-order valence-electron chi connectivity index (χ4n) is 1.88. The molecule has 2 heterocycles. The number of aryl methyl sites for hydroxylation is 1. The molecule has 0 unspecified atom stereocenters. The van der Waals surface area contributed by atoms with E-state index in [1.165, 1.54) is 0 Å². The summed E-state index contributed by atoms with van der Waals surface area (Å²) in [5.41, 5.74) is -2.70. The second-order valence-electron chi connectivity index (χ2n) is 4.12. The van der Waals surface area contributed by atoms with E-state index in [1.807, 2.05) is 0 Å². The minimum Gasteiger partial charge on any atom is -0.477 e. The minimum atomic E-state index is -4.70. The Labute approximate surface area is 110 Å². The van der Waals surface area contributed by atoms with Crippen LogP contribution in [0.1, 0.15) is 29.5 Å². The molecule has 0 aliphatic heterocycles. The number of carboxylic acid groups (broad SMARTS) is 1. The standard InChI is InChI=1S/C11H10F3N3O3/c1-2-3-16-6(10(19)20)4-9(18)17-8(16)5-7(15-17)11(12,13)14/h4-5H,2-3H2,1H3,(H,19,20). The third kappa shape index (κ3) is 2.26. The lowest BCUT2D eigenvalue weighted by Crippen LogP contribution is -2.23. The molecule has 0 atom stereocenters. The maximum Gasteiger partial charge on any atom is 0.435 e. The van der Waals surface area contributed by atoms with Gasteiger partial charge in [-0.2, -0.15) is 22.8 Å². The molecule has 0 bridgehead atoms. The summed E-state index contributed by atoms with van der Waals surface area (Å²) in [6, 6.07) is 1.43. The lowest BCUT2D eigenvalue weighted by atomic mass is 10.3. The van der Waals surface area contributed by atoms with Gasteiger partial charge < -0.3 is 9.67 Å². The number of hydrogen-bond acceptors (Lipinski definition) is 3. The number of carbonyl (C=O) groups is 1. The maximum atomic E-state index is 12.6. The number of carboxylic acids is 1. The molecule has 0 aliphatic rings. The van der Waals surface area contributed by atoms with Gasteiger partial charge in [0.25, 0.3) is 5.56 Å². The van der Waals surface area contributed by atoms with Crippen LogP contribution in [0, 0.1) is 0 Å². The molecule has 2 rings (SSSR count). The molecule has 108 valence electrons.